The van der Waals surface area contributed by atoms with E-state index in [2.05, 4.69) is 10.3 Å². The van der Waals surface area contributed by atoms with Gasteiger partial charge in [-0.3, -0.25) is 14.6 Å². The summed E-state index contributed by atoms with van der Waals surface area (Å²) in [6.07, 6.45) is 2.12. The molecule has 0 radical (unpaired) electrons. The number of ether oxygens (including phenoxy) is 1. The maximum atomic E-state index is 12.7. The Bertz CT molecular complexity index is 920. The minimum atomic E-state index is -0.453. The number of rotatable bonds is 7. The third-order valence-corrected chi connectivity index (χ3v) is 4.34. The predicted molar refractivity (Wildman–Crippen MR) is 104 cm³/mol. The van der Waals surface area contributed by atoms with Crippen LogP contribution in [-0.2, 0) is 16.0 Å². The van der Waals surface area contributed by atoms with Gasteiger partial charge in [-0.25, -0.2) is 0 Å². The zero-order valence-corrected chi connectivity index (χ0v) is 15.2. The van der Waals surface area contributed by atoms with Crippen LogP contribution in [0.4, 0.5) is 0 Å². The van der Waals surface area contributed by atoms with Crippen LogP contribution in [0.1, 0.15) is 23.0 Å². The quantitative estimate of drug-likeness (QED) is 0.654. The van der Waals surface area contributed by atoms with Crippen molar-refractivity contribution in [1.29, 1.82) is 0 Å². The van der Waals surface area contributed by atoms with E-state index in [-0.39, 0.29) is 18.4 Å². The molecule has 1 aromatic heterocycles. The zero-order chi connectivity index (χ0) is 19.1. The summed E-state index contributed by atoms with van der Waals surface area (Å²) in [5, 5.41) is 4.58. The van der Waals surface area contributed by atoms with Crippen LogP contribution < -0.4 is 5.32 Å². The van der Waals surface area contributed by atoms with Gasteiger partial charge in [0.05, 0.1) is 12.5 Å². The summed E-state index contributed by atoms with van der Waals surface area (Å²) in [5.41, 5.74) is 1.38. The molecule has 3 rings (SSSR count). The van der Waals surface area contributed by atoms with Crippen molar-refractivity contribution in [2.75, 3.05) is 13.2 Å². The maximum Gasteiger partial charge on any atom is 0.311 e. The molecule has 0 saturated carbocycles. The fourth-order valence-electron chi connectivity index (χ4n) is 3.00. The van der Waals surface area contributed by atoms with Gasteiger partial charge in [0, 0.05) is 18.1 Å². The van der Waals surface area contributed by atoms with E-state index in [9.17, 15) is 9.59 Å². The lowest BCUT2D eigenvalue weighted by Crippen LogP contribution is -2.35. The fraction of sp³-hybridized carbons (Fsp3) is 0.227. The van der Waals surface area contributed by atoms with E-state index in [0.29, 0.717) is 18.7 Å². The Labute approximate surface area is 158 Å². The molecule has 1 N–H and O–H groups in total. The molecule has 0 saturated heterocycles. The standard InChI is InChI=1S/C22H22N2O3/c1-2-27-22(26)18(14-16-8-4-3-5-9-16)15-24-21(25)20-19-11-7-6-10-17(19)12-13-23-20/h3-13,18H,2,14-15H2,1H3,(H,24,25). The van der Waals surface area contributed by atoms with Crippen LogP contribution in [0.3, 0.4) is 0 Å². The summed E-state index contributed by atoms with van der Waals surface area (Å²) in [6.45, 7) is 2.27. The van der Waals surface area contributed by atoms with Crippen LogP contribution in [0.25, 0.3) is 10.8 Å². The number of fused-ring (bicyclic) bond motifs is 1. The number of benzene rings is 2. The summed E-state index contributed by atoms with van der Waals surface area (Å²) in [4.78, 5) is 29.2. The second kappa shape index (κ2) is 8.94. The number of hydrogen-bond acceptors (Lipinski definition) is 4. The van der Waals surface area contributed by atoms with E-state index in [1.807, 2.05) is 60.7 Å². The first-order valence-electron chi connectivity index (χ1n) is 9.01. The van der Waals surface area contributed by atoms with Gasteiger partial charge in [0.1, 0.15) is 5.69 Å². The monoisotopic (exact) mass is 362 g/mol. The number of aromatic nitrogens is 1. The van der Waals surface area contributed by atoms with Crippen molar-refractivity contribution in [1.82, 2.24) is 10.3 Å². The molecule has 0 bridgehead atoms. The highest BCUT2D eigenvalue weighted by Gasteiger charge is 2.22. The molecule has 27 heavy (non-hydrogen) atoms. The van der Waals surface area contributed by atoms with Gasteiger partial charge >= 0.3 is 5.97 Å². The number of nitrogens with zero attached hydrogens (tertiary/aromatic N) is 1. The third kappa shape index (κ3) is 4.70. The van der Waals surface area contributed by atoms with Crippen LogP contribution >= 0.6 is 0 Å². The molecule has 138 valence electrons. The Balaban J connectivity index is 1.73. The summed E-state index contributed by atoms with van der Waals surface area (Å²) in [5.74, 6) is -1.06. The molecule has 1 heterocycles. The molecule has 2 aromatic carbocycles. The van der Waals surface area contributed by atoms with E-state index >= 15 is 0 Å². The number of nitrogens with one attached hydrogen (secondary N) is 1. The minimum absolute atomic E-state index is 0.192. The Kier molecular flexibility index (Phi) is 6.15. The lowest BCUT2D eigenvalue weighted by Gasteiger charge is -2.16. The average molecular weight is 362 g/mol. The van der Waals surface area contributed by atoms with Gasteiger partial charge in [0.25, 0.3) is 5.91 Å². The second-order valence-corrected chi connectivity index (χ2v) is 6.23. The van der Waals surface area contributed by atoms with E-state index in [4.69, 9.17) is 4.74 Å². The number of esters is 1. The molecule has 0 spiro atoms. The molecule has 0 aliphatic carbocycles. The number of carbonyl (C=O) groups excluding carboxylic acids is 2. The molecule has 0 aliphatic heterocycles. The molecular weight excluding hydrogens is 340 g/mol. The summed E-state index contributed by atoms with van der Waals surface area (Å²) < 4.78 is 5.18. The molecule has 1 amide bonds. The molecule has 1 unspecified atom stereocenters. The van der Waals surface area contributed by atoms with E-state index < -0.39 is 5.92 Å². The highest BCUT2D eigenvalue weighted by atomic mass is 16.5. The van der Waals surface area contributed by atoms with Gasteiger partial charge in [-0.2, -0.15) is 0 Å². The van der Waals surface area contributed by atoms with Crippen molar-refractivity contribution in [3.63, 3.8) is 0 Å². The van der Waals surface area contributed by atoms with E-state index in [1.165, 1.54) is 0 Å². The first-order chi connectivity index (χ1) is 13.2. The normalized spacial score (nSPS) is 11.7. The van der Waals surface area contributed by atoms with Crippen molar-refractivity contribution >= 4 is 22.6 Å². The summed E-state index contributed by atoms with van der Waals surface area (Å²) in [7, 11) is 0. The van der Waals surface area contributed by atoms with Crippen molar-refractivity contribution < 1.29 is 14.3 Å². The van der Waals surface area contributed by atoms with Crippen LogP contribution in [0.5, 0.6) is 0 Å². The molecule has 5 heteroatoms. The zero-order valence-electron chi connectivity index (χ0n) is 15.2. The van der Waals surface area contributed by atoms with Gasteiger partial charge in [0.2, 0.25) is 0 Å². The average Bonchev–Trinajstić information content (AvgIpc) is 2.71. The molecule has 1 atom stereocenters. The van der Waals surface area contributed by atoms with Crippen LogP contribution in [0, 0.1) is 5.92 Å². The smallest absolute Gasteiger partial charge is 0.311 e. The largest absolute Gasteiger partial charge is 0.466 e. The Hall–Kier alpha value is -3.21. The van der Waals surface area contributed by atoms with Crippen molar-refractivity contribution in [3.8, 4) is 0 Å². The highest BCUT2D eigenvalue weighted by Crippen LogP contribution is 2.16. The molecule has 0 fully saturated rings. The first-order valence-corrected chi connectivity index (χ1v) is 9.01. The van der Waals surface area contributed by atoms with Crippen LogP contribution in [0.15, 0.2) is 66.9 Å². The number of carbonyl (C=O) groups is 2. The van der Waals surface area contributed by atoms with Crippen molar-refractivity contribution in [3.05, 3.63) is 78.1 Å². The Morgan fingerprint density at radius 2 is 1.78 bits per heavy atom. The van der Waals surface area contributed by atoms with Crippen molar-refractivity contribution in [2.45, 2.75) is 13.3 Å². The fourth-order valence-corrected chi connectivity index (χ4v) is 3.00. The number of pyridine rings is 1. The highest BCUT2D eigenvalue weighted by molar-refractivity contribution is 6.05. The molecule has 5 nitrogen and oxygen atoms in total. The minimum Gasteiger partial charge on any atom is -0.466 e. The first kappa shape index (κ1) is 18.6. The number of amides is 1. The number of hydrogen-bond donors (Lipinski definition) is 1. The van der Waals surface area contributed by atoms with Gasteiger partial charge < -0.3 is 10.1 Å². The summed E-state index contributed by atoms with van der Waals surface area (Å²) >= 11 is 0. The lowest BCUT2D eigenvalue weighted by atomic mass is 9.99. The topological polar surface area (TPSA) is 68.3 Å². The third-order valence-electron chi connectivity index (χ3n) is 4.34. The summed E-state index contributed by atoms with van der Waals surface area (Å²) in [6, 6.07) is 19.2. The van der Waals surface area contributed by atoms with E-state index in [1.54, 1.807) is 13.1 Å². The van der Waals surface area contributed by atoms with Gasteiger partial charge in [-0.15, -0.1) is 0 Å². The second-order valence-electron chi connectivity index (χ2n) is 6.23. The van der Waals surface area contributed by atoms with E-state index in [0.717, 1.165) is 16.3 Å². The lowest BCUT2D eigenvalue weighted by molar-refractivity contribution is -0.147. The van der Waals surface area contributed by atoms with Crippen LogP contribution in [0.2, 0.25) is 0 Å². The van der Waals surface area contributed by atoms with Crippen LogP contribution in [-0.4, -0.2) is 30.0 Å². The van der Waals surface area contributed by atoms with Gasteiger partial charge in [-0.05, 0) is 30.4 Å². The SMILES string of the molecule is CCOC(=O)C(CNC(=O)c1nccc2ccccc12)Cc1ccccc1. The molecule has 0 aliphatic rings. The van der Waals surface area contributed by atoms with Crippen molar-refractivity contribution in [2.24, 2.45) is 5.92 Å². The maximum absolute atomic E-state index is 12.7. The van der Waals surface area contributed by atoms with Gasteiger partial charge in [0.15, 0.2) is 0 Å². The predicted octanol–water partition coefficient (Wildman–Crippen LogP) is 3.39. The Morgan fingerprint density at radius 3 is 2.56 bits per heavy atom. The molecule has 3 aromatic rings. The molecular formula is C22H22N2O3. The Morgan fingerprint density at radius 1 is 1.04 bits per heavy atom. The van der Waals surface area contributed by atoms with Gasteiger partial charge in [-0.1, -0.05) is 54.6 Å².